The number of nitrogens with one attached hydrogen (secondary N) is 2. The summed E-state index contributed by atoms with van der Waals surface area (Å²) in [6, 6.07) is 6.29. The second-order valence-electron chi connectivity index (χ2n) is 5.56. The fourth-order valence-electron chi connectivity index (χ4n) is 2.41. The van der Waals surface area contributed by atoms with E-state index in [0.29, 0.717) is 5.75 Å². The van der Waals surface area contributed by atoms with Gasteiger partial charge in [-0.05, 0) is 37.2 Å². The molecule has 1 aromatic rings. The largest absolute Gasteiger partial charge is 0.497 e. The van der Waals surface area contributed by atoms with Crippen molar-refractivity contribution in [3.63, 3.8) is 0 Å². The van der Waals surface area contributed by atoms with Gasteiger partial charge in [0, 0.05) is 18.5 Å². The minimum absolute atomic E-state index is 0. The number of carbonyl (C=O) groups is 1. The van der Waals surface area contributed by atoms with Crippen LogP contribution in [0.2, 0.25) is 0 Å². The summed E-state index contributed by atoms with van der Waals surface area (Å²) in [5, 5.41) is 6.04. The Labute approximate surface area is 143 Å². The van der Waals surface area contributed by atoms with E-state index in [2.05, 4.69) is 10.6 Å². The van der Waals surface area contributed by atoms with Gasteiger partial charge in [0.05, 0.1) is 17.8 Å². The van der Waals surface area contributed by atoms with Crippen LogP contribution in [0.1, 0.15) is 13.3 Å². The Morgan fingerprint density at radius 2 is 2.04 bits per heavy atom. The molecule has 2 unspecified atom stereocenters. The normalized spacial score (nSPS) is 18.8. The topological polar surface area (TPSA) is 84.5 Å². The summed E-state index contributed by atoms with van der Waals surface area (Å²) in [6.07, 6.45) is 0.879. The smallest absolute Gasteiger partial charge is 0.224 e. The van der Waals surface area contributed by atoms with Crippen LogP contribution in [0.15, 0.2) is 29.2 Å². The highest BCUT2D eigenvalue weighted by Crippen LogP contribution is 2.18. The Bertz CT molecular complexity index is 613. The summed E-state index contributed by atoms with van der Waals surface area (Å²) >= 11 is 0. The number of amides is 1. The Morgan fingerprint density at radius 1 is 1.39 bits per heavy atom. The molecule has 1 fully saturated rings. The van der Waals surface area contributed by atoms with Crippen molar-refractivity contribution in [3.8, 4) is 5.75 Å². The molecule has 1 aliphatic heterocycles. The number of hydrogen-bond donors (Lipinski definition) is 2. The van der Waals surface area contributed by atoms with E-state index in [-0.39, 0.29) is 35.0 Å². The van der Waals surface area contributed by atoms with Crippen LogP contribution >= 0.6 is 12.4 Å². The summed E-state index contributed by atoms with van der Waals surface area (Å²) in [4.78, 5) is 12.3. The Balaban J connectivity index is 0.00000264. The third-order valence-corrected chi connectivity index (χ3v) is 5.67. The van der Waals surface area contributed by atoms with Crippen LogP contribution in [0, 0.1) is 5.92 Å². The number of hydrogen-bond acceptors (Lipinski definition) is 5. The second kappa shape index (κ2) is 8.52. The number of benzene rings is 1. The molecule has 2 N–H and O–H groups in total. The zero-order chi connectivity index (χ0) is 16.2. The van der Waals surface area contributed by atoms with Crippen LogP contribution in [-0.2, 0) is 14.6 Å². The molecule has 0 bridgehead atoms. The highest BCUT2D eigenvalue weighted by Gasteiger charge is 2.25. The molecule has 0 spiro atoms. The average Bonchev–Trinajstić information content (AvgIpc) is 2.99. The third-order valence-electron chi connectivity index (χ3n) is 3.74. The molecule has 2 atom stereocenters. The molecule has 6 nitrogen and oxygen atoms in total. The lowest BCUT2D eigenvalue weighted by Gasteiger charge is -2.16. The van der Waals surface area contributed by atoms with Crippen molar-refractivity contribution in [3.05, 3.63) is 24.3 Å². The molecular weight excluding hydrogens is 340 g/mol. The number of carbonyl (C=O) groups excluding carboxylic acids is 1. The van der Waals surface area contributed by atoms with Gasteiger partial charge in [0.1, 0.15) is 5.75 Å². The Morgan fingerprint density at radius 3 is 2.57 bits per heavy atom. The molecule has 0 saturated carbocycles. The summed E-state index contributed by atoms with van der Waals surface area (Å²) < 4.78 is 29.7. The first-order valence-corrected chi connectivity index (χ1v) is 8.95. The number of rotatable bonds is 6. The lowest BCUT2D eigenvalue weighted by molar-refractivity contribution is -0.124. The molecule has 1 aliphatic rings. The predicted octanol–water partition coefficient (Wildman–Crippen LogP) is 1.00. The van der Waals surface area contributed by atoms with E-state index in [0.717, 1.165) is 19.5 Å². The second-order valence-corrected chi connectivity index (χ2v) is 7.59. The van der Waals surface area contributed by atoms with Gasteiger partial charge in [0.15, 0.2) is 9.84 Å². The standard InChI is InChI=1S/C15H22N2O4S.ClH/c1-11(15(18)17-12-7-8-16-9-12)10-22(19,20)14-5-3-13(21-2)4-6-14;/h3-6,11-12,16H,7-10H2,1-2H3,(H,17,18);1H. The van der Waals surface area contributed by atoms with Gasteiger partial charge in [-0.3, -0.25) is 4.79 Å². The van der Waals surface area contributed by atoms with Crippen molar-refractivity contribution in [1.29, 1.82) is 0 Å². The maximum atomic E-state index is 12.4. The highest BCUT2D eigenvalue weighted by atomic mass is 35.5. The summed E-state index contributed by atoms with van der Waals surface area (Å²) in [5.41, 5.74) is 0. The molecule has 2 rings (SSSR count). The quantitative estimate of drug-likeness (QED) is 0.788. The fourth-order valence-corrected chi connectivity index (χ4v) is 3.96. The molecule has 1 saturated heterocycles. The van der Waals surface area contributed by atoms with Crippen LogP contribution in [0.4, 0.5) is 0 Å². The van der Waals surface area contributed by atoms with Crippen molar-refractivity contribution in [2.45, 2.75) is 24.3 Å². The first-order chi connectivity index (χ1) is 10.4. The van der Waals surface area contributed by atoms with E-state index in [1.54, 1.807) is 19.1 Å². The maximum absolute atomic E-state index is 12.4. The van der Waals surface area contributed by atoms with Crippen LogP contribution in [0.25, 0.3) is 0 Å². The number of ether oxygens (including phenoxy) is 1. The Kier molecular flexibility index (Phi) is 7.31. The molecule has 0 aliphatic carbocycles. The maximum Gasteiger partial charge on any atom is 0.224 e. The summed E-state index contributed by atoms with van der Waals surface area (Å²) in [5.74, 6) is -0.414. The lowest BCUT2D eigenvalue weighted by atomic mass is 10.2. The monoisotopic (exact) mass is 362 g/mol. The van der Waals surface area contributed by atoms with Crippen molar-refractivity contribution in [1.82, 2.24) is 10.6 Å². The molecule has 8 heteroatoms. The van der Waals surface area contributed by atoms with E-state index in [1.807, 2.05) is 0 Å². The van der Waals surface area contributed by atoms with Gasteiger partial charge in [-0.2, -0.15) is 0 Å². The van der Waals surface area contributed by atoms with Gasteiger partial charge in [0.25, 0.3) is 0 Å². The van der Waals surface area contributed by atoms with E-state index >= 15 is 0 Å². The molecule has 1 aromatic carbocycles. The van der Waals surface area contributed by atoms with Gasteiger partial charge in [0.2, 0.25) is 5.91 Å². The average molecular weight is 363 g/mol. The lowest BCUT2D eigenvalue weighted by Crippen LogP contribution is -2.41. The number of sulfone groups is 1. The van der Waals surface area contributed by atoms with Gasteiger partial charge < -0.3 is 15.4 Å². The minimum atomic E-state index is -3.50. The van der Waals surface area contributed by atoms with E-state index in [9.17, 15) is 13.2 Å². The van der Waals surface area contributed by atoms with Crippen LogP contribution in [0.5, 0.6) is 5.75 Å². The molecule has 0 aromatic heterocycles. The van der Waals surface area contributed by atoms with Crippen LogP contribution < -0.4 is 15.4 Å². The summed E-state index contributed by atoms with van der Waals surface area (Å²) in [6.45, 7) is 3.26. The van der Waals surface area contributed by atoms with Crippen LogP contribution in [-0.4, -0.2) is 46.3 Å². The van der Waals surface area contributed by atoms with Crippen molar-refractivity contribution in [2.24, 2.45) is 5.92 Å². The van der Waals surface area contributed by atoms with Crippen molar-refractivity contribution in [2.75, 3.05) is 26.0 Å². The zero-order valence-corrected chi connectivity index (χ0v) is 14.9. The third kappa shape index (κ3) is 5.37. The van der Waals surface area contributed by atoms with E-state index in [1.165, 1.54) is 19.2 Å². The molecule has 0 radical (unpaired) electrons. The predicted molar refractivity (Wildman–Crippen MR) is 90.9 cm³/mol. The first-order valence-electron chi connectivity index (χ1n) is 7.30. The number of halogens is 1. The van der Waals surface area contributed by atoms with Crippen molar-refractivity contribution >= 4 is 28.2 Å². The van der Waals surface area contributed by atoms with Gasteiger partial charge in [-0.15, -0.1) is 12.4 Å². The van der Waals surface area contributed by atoms with E-state index in [4.69, 9.17) is 4.74 Å². The van der Waals surface area contributed by atoms with Gasteiger partial charge >= 0.3 is 0 Å². The molecular formula is C15H23ClN2O4S. The molecule has 1 heterocycles. The number of methoxy groups -OCH3 is 1. The van der Waals surface area contributed by atoms with Gasteiger partial charge in [-0.25, -0.2) is 8.42 Å². The first kappa shape index (κ1) is 19.7. The van der Waals surface area contributed by atoms with Crippen LogP contribution in [0.3, 0.4) is 0 Å². The fraction of sp³-hybridized carbons (Fsp3) is 0.533. The zero-order valence-electron chi connectivity index (χ0n) is 13.2. The molecule has 1 amide bonds. The van der Waals surface area contributed by atoms with Gasteiger partial charge in [-0.1, -0.05) is 6.92 Å². The van der Waals surface area contributed by atoms with Crippen molar-refractivity contribution < 1.29 is 17.9 Å². The molecule has 130 valence electrons. The summed E-state index contributed by atoms with van der Waals surface area (Å²) in [7, 11) is -1.97. The SMILES string of the molecule is COc1ccc(S(=O)(=O)CC(C)C(=O)NC2CCNC2)cc1.Cl. The highest BCUT2D eigenvalue weighted by molar-refractivity contribution is 7.91. The Hall–Kier alpha value is -1.31. The van der Waals surface area contributed by atoms with E-state index < -0.39 is 15.8 Å². The molecule has 23 heavy (non-hydrogen) atoms. The minimum Gasteiger partial charge on any atom is -0.497 e.